The van der Waals surface area contributed by atoms with Gasteiger partial charge in [-0.3, -0.25) is 0 Å². The van der Waals surface area contributed by atoms with Gasteiger partial charge in [-0.25, -0.2) is 0 Å². The van der Waals surface area contributed by atoms with E-state index in [1.807, 2.05) is 34.6 Å². The van der Waals surface area contributed by atoms with E-state index in [1.54, 1.807) is 0 Å². The van der Waals surface area contributed by atoms with E-state index in [0.717, 1.165) is 0 Å². The van der Waals surface area contributed by atoms with E-state index < -0.39 is 11.2 Å². The minimum atomic E-state index is -1.54. The first-order chi connectivity index (χ1) is 4.67. The zero-order valence-corrected chi connectivity index (χ0v) is 8.18. The van der Waals surface area contributed by atoms with E-state index in [2.05, 4.69) is 0 Å². The third-order valence-corrected chi connectivity index (χ3v) is 1.89. The molecule has 0 bridgehead atoms. The molecule has 2 nitrogen and oxygen atoms in total. The first-order valence-corrected chi connectivity index (χ1v) is 4.11. The molecule has 0 spiro atoms. The van der Waals surface area contributed by atoms with Gasteiger partial charge >= 0.3 is 0 Å². The summed E-state index contributed by atoms with van der Waals surface area (Å²) in [7, 11) is 0. The monoisotopic (exact) mass is 160 g/mol. The number of hydrogen-bond acceptors (Lipinski definition) is 2. The van der Waals surface area contributed by atoms with Crippen LogP contribution in [0, 0.1) is 11.3 Å². The average Bonchev–Trinajstić information content (AvgIpc) is 1.56. The van der Waals surface area contributed by atoms with E-state index in [9.17, 15) is 10.2 Å². The van der Waals surface area contributed by atoms with Crippen LogP contribution in [0.4, 0.5) is 0 Å². The minimum Gasteiger partial charge on any atom is -0.365 e. The Morgan fingerprint density at radius 1 is 1.09 bits per heavy atom. The first kappa shape index (κ1) is 10.9. The van der Waals surface area contributed by atoms with Crippen molar-refractivity contribution in [3.8, 4) is 0 Å². The normalized spacial score (nSPS) is 14.2. The highest BCUT2D eigenvalue weighted by molar-refractivity contribution is 4.80. The molecule has 0 fully saturated rings. The molecule has 2 heteroatoms. The molecule has 0 unspecified atom stereocenters. The van der Waals surface area contributed by atoms with Crippen LogP contribution < -0.4 is 0 Å². The van der Waals surface area contributed by atoms with Gasteiger partial charge in [0.15, 0.2) is 5.79 Å². The number of rotatable bonds is 2. The summed E-state index contributed by atoms with van der Waals surface area (Å²) in [5.74, 6) is -1.23. The van der Waals surface area contributed by atoms with Gasteiger partial charge in [0.2, 0.25) is 0 Å². The molecular weight excluding hydrogens is 140 g/mol. The van der Waals surface area contributed by atoms with Crippen LogP contribution in [0.2, 0.25) is 0 Å². The van der Waals surface area contributed by atoms with Crippen LogP contribution in [0.5, 0.6) is 0 Å². The van der Waals surface area contributed by atoms with Crippen LogP contribution in [0.25, 0.3) is 0 Å². The zero-order valence-electron chi connectivity index (χ0n) is 8.18. The molecule has 0 heterocycles. The zero-order chi connectivity index (χ0) is 9.28. The minimum absolute atomic E-state index is 0.309. The second-order valence-corrected chi connectivity index (χ2v) is 4.66. The van der Waals surface area contributed by atoms with Crippen molar-refractivity contribution in [2.45, 2.75) is 46.8 Å². The van der Waals surface area contributed by atoms with Crippen molar-refractivity contribution in [1.82, 2.24) is 0 Å². The van der Waals surface area contributed by atoms with Gasteiger partial charge in [0.05, 0.1) is 0 Å². The van der Waals surface area contributed by atoms with Gasteiger partial charge in [0.25, 0.3) is 0 Å². The van der Waals surface area contributed by atoms with Gasteiger partial charge in [0, 0.05) is 11.8 Å². The molecule has 0 amide bonds. The van der Waals surface area contributed by atoms with Gasteiger partial charge in [-0.15, -0.1) is 0 Å². The maximum Gasteiger partial charge on any atom is 0.167 e. The molecule has 0 aromatic heterocycles. The maximum atomic E-state index is 9.58. The van der Waals surface area contributed by atoms with Crippen molar-refractivity contribution >= 4 is 0 Å². The summed E-state index contributed by atoms with van der Waals surface area (Å²) >= 11 is 0. The topological polar surface area (TPSA) is 40.5 Å². The van der Waals surface area contributed by atoms with Gasteiger partial charge in [0.1, 0.15) is 0 Å². The van der Waals surface area contributed by atoms with Gasteiger partial charge in [-0.1, -0.05) is 34.6 Å². The van der Waals surface area contributed by atoms with E-state index >= 15 is 0 Å². The lowest BCUT2D eigenvalue weighted by Crippen LogP contribution is -2.43. The second-order valence-electron chi connectivity index (χ2n) is 4.66. The van der Waals surface area contributed by atoms with Crippen molar-refractivity contribution in [2.75, 3.05) is 0 Å². The molecule has 0 aliphatic rings. The molecule has 0 rings (SSSR count). The third-order valence-electron chi connectivity index (χ3n) is 1.89. The number of aliphatic hydroxyl groups is 2. The van der Waals surface area contributed by atoms with Gasteiger partial charge < -0.3 is 10.2 Å². The fourth-order valence-electron chi connectivity index (χ4n) is 0.875. The molecule has 0 atom stereocenters. The largest absolute Gasteiger partial charge is 0.365 e. The lowest BCUT2D eigenvalue weighted by molar-refractivity contribution is -0.236. The SMILES string of the molecule is CC(C)CC(O)(O)C(C)(C)C. The van der Waals surface area contributed by atoms with Crippen molar-refractivity contribution in [2.24, 2.45) is 11.3 Å². The summed E-state index contributed by atoms with van der Waals surface area (Å²) in [6.45, 7) is 9.44. The molecule has 0 aromatic carbocycles. The van der Waals surface area contributed by atoms with Gasteiger partial charge in [-0.2, -0.15) is 0 Å². The highest BCUT2D eigenvalue weighted by Crippen LogP contribution is 2.32. The van der Waals surface area contributed by atoms with Crippen molar-refractivity contribution < 1.29 is 10.2 Å². The van der Waals surface area contributed by atoms with Crippen LogP contribution in [0.15, 0.2) is 0 Å². The predicted molar refractivity (Wildman–Crippen MR) is 46.1 cm³/mol. The maximum absolute atomic E-state index is 9.58. The Bertz CT molecular complexity index is 120. The summed E-state index contributed by atoms with van der Waals surface area (Å²) in [5, 5.41) is 19.2. The lowest BCUT2D eigenvalue weighted by Gasteiger charge is -2.36. The van der Waals surface area contributed by atoms with Crippen LogP contribution in [0.1, 0.15) is 41.0 Å². The molecule has 0 aromatic rings. The van der Waals surface area contributed by atoms with E-state index in [-0.39, 0.29) is 0 Å². The van der Waals surface area contributed by atoms with Crippen LogP contribution >= 0.6 is 0 Å². The van der Waals surface area contributed by atoms with E-state index in [1.165, 1.54) is 0 Å². The molecule has 0 saturated heterocycles. The molecule has 0 aliphatic heterocycles. The smallest absolute Gasteiger partial charge is 0.167 e. The van der Waals surface area contributed by atoms with Crippen LogP contribution in [-0.4, -0.2) is 16.0 Å². The summed E-state index contributed by atoms with van der Waals surface area (Å²) in [6, 6.07) is 0. The molecule has 0 radical (unpaired) electrons. The van der Waals surface area contributed by atoms with Crippen LogP contribution in [-0.2, 0) is 0 Å². The average molecular weight is 160 g/mol. The standard InChI is InChI=1S/C9H20O2/c1-7(2)6-9(10,11)8(3,4)5/h7,10-11H,6H2,1-5H3. The Morgan fingerprint density at radius 3 is 1.55 bits per heavy atom. The summed E-state index contributed by atoms with van der Waals surface area (Å²) < 4.78 is 0. The third kappa shape index (κ3) is 3.21. The molecule has 2 N–H and O–H groups in total. The molecular formula is C9H20O2. The molecule has 68 valence electrons. The highest BCUT2D eigenvalue weighted by Gasteiger charge is 2.37. The Hall–Kier alpha value is -0.0800. The van der Waals surface area contributed by atoms with Crippen molar-refractivity contribution in [1.29, 1.82) is 0 Å². The molecule has 0 saturated carbocycles. The summed E-state index contributed by atoms with van der Waals surface area (Å²) in [6.07, 6.45) is 0.427. The Balaban J connectivity index is 4.22. The van der Waals surface area contributed by atoms with E-state index in [0.29, 0.717) is 12.3 Å². The van der Waals surface area contributed by atoms with Crippen LogP contribution in [0.3, 0.4) is 0 Å². The first-order valence-electron chi connectivity index (χ1n) is 4.11. The summed E-state index contributed by atoms with van der Waals surface area (Å²) in [4.78, 5) is 0. The quantitative estimate of drug-likeness (QED) is 0.604. The Labute approximate surface area is 69.2 Å². The molecule has 0 aliphatic carbocycles. The predicted octanol–water partition coefficient (Wildman–Crippen LogP) is 1.76. The lowest BCUT2D eigenvalue weighted by atomic mass is 9.81. The fraction of sp³-hybridized carbons (Fsp3) is 1.00. The van der Waals surface area contributed by atoms with E-state index in [4.69, 9.17) is 0 Å². The Kier molecular flexibility index (Phi) is 3.09. The second kappa shape index (κ2) is 3.11. The fourth-order valence-corrected chi connectivity index (χ4v) is 0.875. The molecule has 11 heavy (non-hydrogen) atoms. The number of hydrogen-bond donors (Lipinski definition) is 2. The highest BCUT2D eigenvalue weighted by atomic mass is 16.5. The summed E-state index contributed by atoms with van der Waals surface area (Å²) in [5.41, 5.74) is -0.461. The van der Waals surface area contributed by atoms with Crippen molar-refractivity contribution in [3.63, 3.8) is 0 Å². The Morgan fingerprint density at radius 2 is 1.45 bits per heavy atom. The van der Waals surface area contributed by atoms with Crippen molar-refractivity contribution in [3.05, 3.63) is 0 Å². The van der Waals surface area contributed by atoms with Gasteiger partial charge in [-0.05, 0) is 5.92 Å².